The van der Waals surface area contributed by atoms with Gasteiger partial charge in [-0.05, 0) is 26.0 Å². The molecule has 2 aromatic rings. The molecule has 1 aromatic heterocycles. The molecule has 4 nitrogen and oxygen atoms in total. The zero-order chi connectivity index (χ0) is 12.6. The maximum atomic E-state index is 12.2. The van der Waals surface area contributed by atoms with E-state index in [9.17, 15) is 4.79 Å². The maximum Gasteiger partial charge on any atom is 0.262 e. The van der Waals surface area contributed by atoms with E-state index in [2.05, 4.69) is 4.99 Å². The Labute approximate surface area is 99.9 Å². The fourth-order valence-electron chi connectivity index (χ4n) is 2.07. The molecule has 0 aliphatic heterocycles. The minimum absolute atomic E-state index is 0.00833. The number of fused-ring (bicyclic) bond motifs is 1. The maximum absolute atomic E-state index is 12.2. The van der Waals surface area contributed by atoms with Crippen LogP contribution >= 0.6 is 0 Å². The normalized spacial score (nSPS) is 12.4. The quantitative estimate of drug-likeness (QED) is 0.724. The second-order valence-corrected chi connectivity index (χ2v) is 4.22. The van der Waals surface area contributed by atoms with Crippen LogP contribution < -0.4 is 11.2 Å². The van der Waals surface area contributed by atoms with Gasteiger partial charge in [-0.25, -0.2) is 0 Å². The topological polar surface area (TPSA) is 39.3 Å². The van der Waals surface area contributed by atoms with Gasteiger partial charge in [0.25, 0.3) is 5.56 Å². The molecule has 0 fully saturated rings. The van der Waals surface area contributed by atoms with Gasteiger partial charge in [0.1, 0.15) is 0 Å². The van der Waals surface area contributed by atoms with E-state index in [1.54, 1.807) is 11.6 Å². The number of aryl methyl sites for hydroxylation is 2. The molecule has 0 saturated heterocycles. The van der Waals surface area contributed by atoms with Crippen LogP contribution in [-0.4, -0.2) is 15.7 Å². The van der Waals surface area contributed by atoms with Crippen LogP contribution in [0, 0.1) is 6.92 Å². The highest BCUT2D eigenvalue weighted by Gasteiger charge is 2.06. The lowest BCUT2D eigenvalue weighted by Gasteiger charge is -2.10. The predicted octanol–water partition coefficient (Wildman–Crippen LogP) is 1.11. The van der Waals surface area contributed by atoms with Gasteiger partial charge in [0.15, 0.2) is 0 Å². The van der Waals surface area contributed by atoms with Crippen molar-refractivity contribution in [2.24, 2.45) is 19.1 Å². The summed E-state index contributed by atoms with van der Waals surface area (Å²) in [5.74, 6) is 0. The zero-order valence-electron chi connectivity index (χ0n) is 10.7. The van der Waals surface area contributed by atoms with Crippen LogP contribution in [0.2, 0.25) is 0 Å². The van der Waals surface area contributed by atoms with Gasteiger partial charge in [-0.2, -0.15) is 0 Å². The van der Waals surface area contributed by atoms with Crippen LogP contribution in [0.25, 0.3) is 10.9 Å². The highest BCUT2D eigenvalue weighted by Crippen LogP contribution is 2.09. The molecular weight excluding hydrogens is 214 g/mol. The molecule has 0 aliphatic carbocycles. The summed E-state index contributed by atoms with van der Waals surface area (Å²) in [6.07, 6.45) is 0. The Morgan fingerprint density at radius 3 is 2.59 bits per heavy atom. The number of rotatable bonds is 1. The minimum Gasteiger partial charge on any atom is -0.314 e. The summed E-state index contributed by atoms with van der Waals surface area (Å²) in [5.41, 5.74) is 2.73. The van der Waals surface area contributed by atoms with Gasteiger partial charge in [0, 0.05) is 20.6 Å². The molecule has 1 heterocycles. The van der Waals surface area contributed by atoms with Crippen molar-refractivity contribution in [3.8, 4) is 0 Å². The Kier molecular flexibility index (Phi) is 2.88. The highest BCUT2D eigenvalue weighted by atomic mass is 16.1. The summed E-state index contributed by atoms with van der Waals surface area (Å²) in [7, 11) is 3.70. The van der Waals surface area contributed by atoms with Crippen molar-refractivity contribution in [3.63, 3.8) is 0 Å². The van der Waals surface area contributed by atoms with Crippen molar-refractivity contribution in [2.75, 3.05) is 6.54 Å². The molecule has 17 heavy (non-hydrogen) atoms. The number of nitrogens with zero attached hydrogens (tertiary/aromatic N) is 3. The molecular formula is C13H17N3O. The Morgan fingerprint density at radius 2 is 1.94 bits per heavy atom. The smallest absolute Gasteiger partial charge is 0.262 e. The van der Waals surface area contributed by atoms with Crippen LogP contribution in [0.4, 0.5) is 0 Å². The zero-order valence-corrected chi connectivity index (χ0v) is 10.7. The van der Waals surface area contributed by atoms with E-state index < -0.39 is 0 Å². The van der Waals surface area contributed by atoms with E-state index in [0.717, 1.165) is 16.5 Å². The predicted molar refractivity (Wildman–Crippen MR) is 69.0 cm³/mol. The summed E-state index contributed by atoms with van der Waals surface area (Å²) < 4.78 is 3.56. The third kappa shape index (κ3) is 1.79. The van der Waals surface area contributed by atoms with E-state index in [0.29, 0.717) is 12.2 Å². The van der Waals surface area contributed by atoms with Gasteiger partial charge in [0.2, 0.25) is 5.62 Å². The molecule has 0 bridgehead atoms. The van der Waals surface area contributed by atoms with Crippen LogP contribution in [-0.2, 0) is 14.1 Å². The Hall–Kier alpha value is -1.84. The first kappa shape index (κ1) is 11.6. The molecule has 0 amide bonds. The first-order valence-corrected chi connectivity index (χ1v) is 5.73. The van der Waals surface area contributed by atoms with E-state index in [1.807, 2.05) is 43.7 Å². The molecule has 0 saturated carbocycles. The summed E-state index contributed by atoms with van der Waals surface area (Å²) in [6, 6.07) is 5.91. The average molecular weight is 231 g/mol. The van der Waals surface area contributed by atoms with E-state index in [4.69, 9.17) is 0 Å². The van der Waals surface area contributed by atoms with Gasteiger partial charge in [-0.3, -0.25) is 14.4 Å². The SMILES string of the molecule is CC/N=c1/n(C)c(=O)c2cc(C)ccc2n1C. The standard InChI is InChI=1S/C13H17N3O/c1-5-14-13-15(3)11-7-6-9(2)8-10(11)12(17)16(13)4/h6-8H,5H2,1-4H3/b14-13+. The van der Waals surface area contributed by atoms with Gasteiger partial charge in [-0.15, -0.1) is 0 Å². The lowest BCUT2D eigenvalue weighted by molar-refractivity contribution is 0.673. The van der Waals surface area contributed by atoms with Crippen LogP contribution in [0.15, 0.2) is 28.0 Å². The minimum atomic E-state index is 0.00833. The lowest BCUT2D eigenvalue weighted by atomic mass is 10.1. The lowest BCUT2D eigenvalue weighted by Crippen LogP contribution is -2.38. The fourth-order valence-corrected chi connectivity index (χ4v) is 2.07. The summed E-state index contributed by atoms with van der Waals surface area (Å²) in [5, 5.41) is 0.741. The number of hydrogen-bond acceptors (Lipinski definition) is 2. The van der Waals surface area contributed by atoms with E-state index in [-0.39, 0.29) is 5.56 Å². The summed E-state index contributed by atoms with van der Waals surface area (Å²) in [4.78, 5) is 16.6. The van der Waals surface area contributed by atoms with Crippen LogP contribution in [0.5, 0.6) is 0 Å². The average Bonchev–Trinajstić information content (AvgIpc) is 2.32. The molecule has 2 rings (SSSR count). The van der Waals surface area contributed by atoms with Crippen LogP contribution in [0.1, 0.15) is 12.5 Å². The molecule has 4 heteroatoms. The van der Waals surface area contributed by atoms with Gasteiger partial charge in [0.05, 0.1) is 10.9 Å². The number of hydrogen-bond donors (Lipinski definition) is 0. The van der Waals surface area contributed by atoms with Crippen molar-refractivity contribution < 1.29 is 0 Å². The fraction of sp³-hybridized carbons (Fsp3) is 0.385. The third-order valence-electron chi connectivity index (χ3n) is 2.95. The molecule has 0 N–H and O–H groups in total. The second kappa shape index (κ2) is 4.20. The highest BCUT2D eigenvalue weighted by molar-refractivity contribution is 5.78. The van der Waals surface area contributed by atoms with Crippen molar-refractivity contribution >= 4 is 10.9 Å². The van der Waals surface area contributed by atoms with Crippen molar-refractivity contribution in [1.29, 1.82) is 0 Å². The monoisotopic (exact) mass is 231 g/mol. The third-order valence-corrected chi connectivity index (χ3v) is 2.95. The number of aromatic nitrogens is 2. The molecule has 90 valence electrons. The van der Waals surface area contributed by atoms with E-state index in [1.165, 1.54) is 0 Å². The largest absolute Gasteiger partial charge is 0.314 e. The van der Waals surface area contributed by atoms with Crippen molar-refractivity contribution in [1.82, 2.24) is 9.13 Å². The Bertz CT molecular complexity index is 692. The molecule has 0 spiro atoms. The molecule has 0 atom stereocenters. The van der Waals surface area contributed by atoms with Gasteiger partial charge in [-0.1, -0.05) is 11.6 Å². The molecule has 0 unspecified atom stereocenters. The van der Waals surface area contributed by atoms with Crippen molar-refractivity contribution in [3.05, 3.63) is 39.7 Å². The van der Waals surface area contributed by atoms with Crippen molar-refractivity contribution in [2.45, 2.75) is 13.8 Å². The molecule has 0 aliphatic rings. The summed E-state index contributed by atoms with van der Waals surface area (Å²) in [6.45, 7) is 4.62. The van der Waals surface area contributed by atoms with Gasteiger partial charge >= 0.3 is 0 Å². The summed E-state index contributed by atoms with van der Waals surface area (Å²) >= 11 is 0. The first-order chi connectivity index (χ1) is 8.06. The Morgan fingerprint density at radius 1 is 1.24 bits per heavy atom. The Balaban J connectivity index is 3.06. The molecule has 1 aromatic carbocycles. The molecule has 0 radical (unpaired) electrons. The number of benzene rings is 1. The van der Waals surface area contributed by atoms with Gasteiger partial charge < -0.3 is 4.57 Å². The first-order valence-electron chi connectivity index (χ1n) is 5.73. The van der Waals surface area contributed by atoms with E-state index >= 15 is 0 Å². The van der Waals surface area contributed by atoms with Crippen LogP contribution in [0.3, 0.4) is 0 Å². The second-order valence-electron chi connectivity index (χ2n) is 4.22.